The van der Waals surface area contributed by atoms with E-state index < -0.39 is 0 Å². The quantitative estimate of drug-likeness (QED) is 0.289. The smallest absolute Gasteiger partial charge is 0.308 e. The largest absolute Gasteiger partial charge is 0.496 e. The van der Waals surface area contributed by atoms with Gasteiger partial charge in [0.2, 0.25) is 0 Å². The average Bonchev–Trinajstić information content (AvgIpc) is 2.65. The van der Waals surface area contributed by atoms with Gasteiger partial charge in [-0.3, -0.25) is 9.59 Å². The predicted octanol–water partition coefficient (Wildman–Crippen LogP) is 4.90. The number of ketones is 1. The van der Waals surface area contributed by atoms with Crippen LogP contribution in [-0.2, 0) is 16.6 Å². The monoisotopic (exact) mass is 366 g/mol. The van der Waals surface area contributed by atoms with Crippen molar-refractivity contribution >= 4 is 11.8 Å². The molecule has 142 valence electrons. The average molecular weight is 366 g/mol. The standard InChI is InChI=1S/C23H26O4/c1-6-23(3,4)20-9-7-8-18(22(20)26-5)12-15-21(25)17-10-13-19(14-11-17)27-16(2)24/h6-11,13-14H,1,12,15H2,2-5H3. The number of Topliss-reactive ketones (excluding diaryl/α,β-unsaturated/α-hetero) is 1. The summed E-state index contributed by atoms with van der Waals surface area (Å²) in [6.07, 6.45) is 2.83. The highest BCUT2D eigenvalue weighted by Crippen LogP contribution is 2.35. The van der Waals surface area contributed by atoms with Gasteiger partial charge in [0.15, 0.2) is 5.78 Å². The molecular formula is C23H26O4. The fourth-order valence-electron chi connectivity index (χ4n) is 2.91. The minimum atomic E-state index is -0.386. The lowest BCUT2D eigenvalue weighted by atomic mass is 9.82. The van der Waals surface area contributed by atoms with Crippen LogP contribution in [-0.4, -0.2) is 18.9 Å². The van der Waals surface area contributed by atoms with Gasteiger partial charge >= 0.3 is 5.97 Å². The van der Waals surface area contributed by atoms with Gasteiger partial charge in [-0.2, -0.15) is 0 Å². The number of allylic oxidation sites excluding steroid dienone is 1. The van der Waals surface area contributed by atoms with Crippen molar-refractivity contribution in [3.8, 4) is 11.5 Å². The van der Waals surface area contributed by atoms with Crippen LogP contribution < -0.4 is 9.47 Å². The van der Waals surface area contributed by atoms with Crippen molar-refractivity contribution in [3.05, 3.63) is 71.8 Å². The molecule has 0 aliphatic carbocycles. The summed E-state index contributed by atoms with van der Waals surface area (Å²) in [6, 6.07) is 12.6. The molecule has 0 atom stereocenters. The van der Waals surface area contributed by atoms with E-state index in [1.807, 2.05) is 24.3 Å². The SMILES string of the molecule is C=CC(C)(C)c1cccc(CCC(=O)c2ccc(OC(C)=O)cc2)c1OC. The van der Waals surface area contributed by atoms with Crippen LogP contribution in [0.2, 0.25) is 0 Å². The summed E-state index contributed by atoms with van der Waals surface area (Å²) in [5.74, 6) is 0.879. The Hall–Kier alpha value is -2.88. The highest BCUT2D eigenvalue weighted by Gasteiger charge is 2.22. The van der Waals surface area contributed by atoms with Crippen LogP contribution in [0.1, 0.15) is 48.7 Å². The van der Waals surface area contributed by atoms with Crippen LogP contribution in [0.3, 0.4) is 0 Å². The first-order valence-electron chi connectivity index (χ1n) is 8.90. The van der Waals surface area contributed by atoms with Crippen LogP contribution in [0.15, 0.2) is 55.1 Å². The third-order valence-electron chi connectivity index (χ3n) is 4.56. The molecule has 0 spiro atoms. The number of benzene rings is 2. The zero-order valence-corrected chi connectivity index (χ0v) is 16.4. The molecule has 0 fully saturated rings. The summed E-state index contributed by atoms with van der Waals surface area (Å²) in [5, 5.41) is 0. The second kappa shape index (κ2) is 8.67. The third kappa shape index (κ3) is 5.07. The van der Waals surface area contributed by atoms with E-state index in [0.717, 1.165) is 16.9 Å². The number of methoxy groups -OCH3 is 1. The van der Waals surface area contributed by atoms with Gasteiger partial charge in [-0.05, 0) is 36.2 Å². The Morgan fingerprint density at radius 3 is 2.33 bits per heavy atom. The topological polar surface area (TPSA) is 52.6 Å². The molecule has 0 N–H and O–H groups in total. The molecule has 0 bridgehead atoms. The zero-order chi connectivity index (χ0) is 20.0. The second-order valence-electron chi connectivity index (χ2n) is 6.96. The van der Waals surface area contributed by atoms with Crippen molar-refractivity contribution in [1.29, 1.82) is 0 Å². The summed E-state index contributed by atoms with van der Waals surface area (Å²) < 4.78 is 10.6. The maximum Gasteiger partial charge on any atom is 0.308 e. The van der Waals surface area contributed by atoms with Gasteiger partial charge < -0.3 is 9.47 Å². The number of carbonyl (C=O) groups excluding carboxylic acids is 2. The first-order valence-corrected chi connectivity index (χ1v) is 8.90. The van der Waals surface area contributed by atoms with Gasteiger partial charge in [0, 0.05) is 29.9 Å². The normalized spacial score (nSPS) is 11.0. The Kier molecular flexibility index (Phi) is 6.56. The van der Waals surface area contributed by atoms with Crippen molar-refractivity contribution in [2.24, 2.45) is 0 Å². The highest BCUT2D eigenvalue weighted by molar-refractivity contribution is 5.96. The van der Waals surface area contributed by atoms with Crippen molar-refractivity contribution in [2.45, 2.75) is 39.0 Å². The first-order chi connectivity index (χ1) is 12.8. The lowest BCUT2D eigenvalue weighted by molar-refractivity contribution is -0.131. The van der Waals surface area contributed by atoms with Crippen LogP contribution in [0.4, 0.5) is 0 Å². The number of rotatable bonds is 8. The molecule has 0 aliphatic heterocycles. The molecule has 4 heteroatoms. The van der Waals surface area contributed by atoms with Crippen molar-refractivity contribution in [2.75, 3.05) is 7.11 Å². The zero-order valence-electron chi connectivity index (χ0n) is 16.4. The van der Waals surface area contributed by atoms with Crippen molar-refractivity contribution in [3.63, 3.8) is 0 Å². The molecule has 0 aromatic heterocycles. The molecular weight excluding hydrogens is 340 g/mol. The van der Waals surface area contributed by atoms with Crippen LogP contribution in [0, 0.1) is 0 Å². The Balaban J connectivity index is 2.14. The van der Waals surface area contributed by atoms with E-state index in [9.17, 15) is 9.59 Å². The van der Waals surface area contributed by atoms with E-state index in [1.165, 1.54) is 6.92 Å². The van der Waals surface area contributed by atoms with Crippen molar-refractivity contribution < 1.29 is 19.1 Å². The van der Waals surface area contributed by atoms with E-state index in [1.54, 1.807) is 31.4 Å². The Labute approximate surface area is 160 Å². The Morgan fingerprint density at radius 1 is 1.11 bits per heavy atom. The number of esters is 1. The second-order valence-corrected chi connectivity index (χ2v) is 6.96. The minimum absolute atomic E-state index is 0.0276. The highest BCUT2D eigenvalue weighted by atomic mass is 16.5. The molecule has 0 amide bonds. The summed E-state index contributed by atoms with van der Waals surface area (Å²) in [6.45, 7) is 9.41. The number of para-hydroxylation sites is 1. The minimum Gasteiger partial charge on any atom is -0.496 e. The van der Waals surface area contributed by atoms with Gasteiger partial charge in [0.1, 0.15) is 11.5 Å². The molecule has 0 aliphatic rings. The number of aryl methyl sites for hydroxylation is 1. The number of ether oxygens (including phenoxy) is 2. The first kappa shape index (κ1) is 20.4. The van der Waals surface area contributed by atoms with Gasteiger partial charge in [-0.1, -0.05) is 38.1 Å². The van der Waals surface area contributed by atoms with Crippen LogP contribution in [0.5, 0.6) is 11.5 Å². The van der Waals surface area contributed by atoms with E-state index in [0.29, 0.717) is 24.2 Å². The Bertz CT molecular complexity index is 832. The van der Waals surface area contributed by atoms with E-state index in [2.05, 4.69) is 20.4 Å². The maximum atomic E-state index is 12.5. The van der Waals surface area contributed by atoms with E-state index in [-0.39, 0.29) is 17.2 Å². The molecule has 4 nitrogen and oxygen atoms in total. The van der Waals surface area contributed by atoms with Crippen molar-refractivity contribution in [1.82, 2.24) is 0 Å². The lowest BCUT2D eigenvalue weighted by Crippen LogP contribution is -2.15. The molecule has 2 aromatic rings. The lowest BCUT2D eigenvalue weighted by Gasteiger charge is -2.24. The predicted molar refractivity (Wildman–Crippen MR) is 107 cm³/mol. The fraction of sp³-hybridized carbons (Fsp3) is 0.304. The molecule has 0 radical (unpaired) electrons. The molecule has 0 saturated carbocycles. The number of hydrogen-bond acceptors (Lipinski definition) is 4. The van der Waals surface area contributed by atoms with Crippen LogP contribution >= 0.6 is 0 Å². The molecule has 0 saturated heterocycles. The maximum absolute atomic E-state index is 12.5. The molecule has 0 unspecified atom stereocenters. The van der Waals surface area contributed by atoms with Gasteiger partial charge in [-0.15, -0.1) is 6.58 Å². The number of hydrogen-bond donors (Lipinski definition) is 0. The van der Waals surface area contributed by atoms with E-state index >= 15 is 0 Å². The summed E-state index contributed by atoms with van der Waals surface area (Å²) >= 11 is 0. The van der Waals surface area contributed by atoms with Gasteiger partial charge in [0.05, 0.1) is 7.11 Å². The summed E-state index contributed by atoms with van der Waals surface area (Å²) in [5.41, 5.74) is 2.41. The van der Waals surface area contributed by atoms with Gasteiger partial charge in [0.25, 0.3) is 0 Å². The molecule has 2 aromatic carbocycles. The summed E-state index contributed by atoms with van der Waals surface area (Å²) in [4.78, 5) is 23.5. The third-order valence-corrected chi connectivity index (χ3v) is 4.56. The van der Waals surface area contributed by atoms with Gasteiger partial charge in [-0.25, -0.2) is 0 Å². The fourth-order valence-corrected chi connectivity index (χ4v) is 2.91. The Morgan fingerprint density at radius 2 is 1.78 bits per heavy atom. The molecule has 0 heterocycles. The van der Waals surface area contributed by atoms with Crippen LogP contribution in [0.25, 0.3) is 0 Å². The molecule has 27 heavy (non-hydrogen) atoms. The number of carbonyl (C=O) groups is 2. The van der Waals surface area contributed by atoms with E-state index in [4.69, 9.17) is 9.47 Å². The molecule has 2 rings (SSSR count). The summed E-state index contributed by atoms with van der Waals surface area (Å²) in [7, 11) is 1.65.